The smallest absolute Gasteiger partial charge is 0.306 e. The van der Waals surface area contributed by atoms with Crippen LogP contribution in [-0.2, 0) is 16.1 Å². The van der Waals surface area contributed by atoms with Gasteiger partial charge in [-0.25, -0.2) is 0 Å². The van der Waals surface area contributed by atoms with Crippen LogP contribution in [-0.4, -0.2) is 24.6 Å². The van der Waals surface area contributed by atoms with Crippen molar-refractivity contribution in [2.75, 3.05) is 13.7 Å². The van der Waals surface area contributed by atoms with Gasteiger partial charge in [0.1, 0.15) is 0 Å². The quantitative estimate of drug-likeness (QED) is 0.611. The van der Waals surface area contributed by atoms with Crippen molar-refractivity contribution in [1.29, 1.82) is 0 Å². The molecule has 1 N–H and O–H groups in total. The molecule has 82 valence electrons. The van der Waals surface area contributed by atoms with E-state index in [1.54, 1.807) is 18.3 Å². The van der Waals surface area contributed by atoms with Gasteiger partial charge in [0.2, 0.25) is 0 Å². The highest BCUT2D eigenvalue weighted by molar-refractivity contribution is 6.30. The Balaban J connectivity index is 2.23. The molecular formula is C10H13ClN2O2. The summed E-state index contributed by atoms with van der Waals surface area (Å²) >= 11 is 5.79. The number of aromatic nitrogens is 1. The zero-order chi connectivity index (χ0) is 11.1. The Morgan fingerprint density at radius 3 is 3.13 bits per heavy atom. The highest BCUT2D eigenvalue weighted by Crippen LogP contribution is 2.07. The van der Waals surface area contributed by atoms with E-state index in [-0.39, 0.29) is 5.97 Å². The average Bonchev–Trinajstić information content (AvgIpc) is 2.24. The van der Waals surface area contributed by atoms with E-state index < -0.39 is 0 Å². The fourth-order valence-corrected chi connectivity index (χ4v) is 1.24. The summed E-state index contributed by atoms with van der Waals surface area (Å²) in [5.74, 6) is -0.221. The van der Waals surface area contributed by atoms with Crippen LogP contribution in [0.4, 0.5) is 0 Å². The van der Waals surface area contributed by atoms with Gasteiger partial charge in [0, 0.05) is 24.3 Å². The summed E-state index contributed by atoms with van der Waals surface area (Å²) in [6.45, 7) is 1.17. The average molecular weight is 229 g/mol. The van der Waals surface area contributed by atoms with E-state index in [2.05, 4.69) is 15.0 Å². The normalized spacial score (nSPS) is 10.0. The fraction of sp³-hybridized carbons (Fsp3) is 0.400. The second-order valence-corrected chi connectivity index (χ2v) is 3.40. The molecule has 0 radical (unpaired) electrons. The van der Waals surface area contributed by atoms with Crippen LogP contribution in [0, 0.1) is 0 Å². The maximum Gasteiger partial charge on any atom is 0.306 e. The third-order valence-electron chi connectivity index (χ3n) is 1.82. The van der Waals surface area contributed by atoms with Crippen LogP contribution in [0.5, 0.6) is 0 Å². The third kappa shape index (κ3) is 4.76. The van der Waals surface area contributed by atoms with E-state index in [0.717, 1.165) is 5.69 Å². The molecule has 1 heterocycles. The molecule has 1 aromatic heterocycles. The van der Waals surface area contributed by atoms with E-state index in [1.165, 1.54) is 7.11 Å². The lowest BCUT2D eigenvalue weighted by Crippen LogP contribution is -2.18. The van der Waals surface area contributed by atoms with Gasteiger partial charge in [-0.1, -0.05) is 11.6 Å². The standard InChI is InChI=1S/C10H13ClN2O2/c1-15-10(14)3-4-12-7-9-6-8(11)2-5-13-9/h2,5-6,12H,3-4,7H2,1H3. The number of hydrogen-bond acceptors (Lipinski definition) is 4. The third-order valence-corrected chi connectivity index (χ3v) is 2.05. The number of carbonyl (C=O) groups excluding carboxylic acids is 1. The number of hydrogen-bond donors (Lipinski definition) is 1. The van der Waals surface area contributed by atoms with Crippen molar-refractivity contribution in [3.05, 3.63) is 29.0 Å². The second kappa shape index (κ2) is 6.37. The minimum absolute atomic E-state index is 0.221. The predicted octanol–water partition coefficient (Wildman–Crippen LogP) is 1.39. The Morgan fingerprint density at radius 1 is 1.67 bits per heavy atom. The maximum absolute atomic E-state index is 10.8. The molecule has 0 aliphatic carbocycles. The lowest BCUT2D eigenvalue weighted by atomic mass is 10.3. The summed E-state index contributed by atoms with van der Waals surface area (Å²) in [4.78, 5) is 14.9. The summed E-state index contributed by atoms with van der Waals surface area (Å²) in [6.07, 6.45) is 2.01. The van der Waals surface area contributed by atoms with E-state index in [4.69, 9.17) is 11.6 Å². The molecule has 0 spiro atoms. The van der Waals surface area contributed by atoms with Gasteiger partial charge in [0.05, 0.1) is 19.2 Å². The summed E-state index contributed by atoms with van der Waals surface area (Å²) in [5.41, 5.74) is 0.854. The first-order valence-corrected chi connectivity index (χ1v) is 4.98. The Kier molecular flexibility index (Phi) is 5.07. The predicted molar refractivity (Wildman–Crippen MR) is 57.6 cm³/mol. The fourth-order valence-electron chi connectivity index (χ4n) is 1.05. The Bertz CT molecular complexity index is 331. The van der Waals surface area contributed by atoms with E-state index in [1.807, 2.05) is 0 Å². The summed E-state index contributed by atoms with van der Waals surface area (Å²) in [5, 5.41) is 3.73. The van der Waals surface area contributed by atoms with Gasteiger partial charge in [-0.3, -0.25) is 9.78 Å². The molecule has 0 amide bonds. The number of halogens is 1. The van der Waals surface area contributed by atoms with Crippen LogP contribution in [0.15, 0.2) is 18.3 Å². The number of nitrogens with one attached hydrogen (secondary N) is 1. The van der Waals surface area contributed by atoms with Gasteiger partial charge in [0.15, 0.2) is 0 Å². The molecule has 0 aliphatic heterocycles. The molecule has 15 heavy (non-hydrogen) atoms. The first-order valence-electron chi connectivity index (χ1n) is 4.60. The second-order valence-electron chi connectivity index (χ2n) is 2.97. The van der Waals surface area contributed by atoms with Crippen LogP contribution in [0.3, 0.4) is 0 Å². The molecule has 0 aliphatic rings. The highest BCUT2D eigenvalue weighted by Gasteiger charge is 1.99. The van der Waals surface area contributed by atoms with Crippen LogP contribution in [0.2, 0.25) is 5.02 Å². The zero-order valence-corrected chi connectivity index (χ0v) is 9.25. The van der Waals surface area contributed by atoms with Crippen molar-refractivity contribution in [3.63, 3.8) is 0 Å². The number of pyridine rings is 1. The van der Waals surface area contributed by atoms with Crippen molar-refractivity contribution in [2.24, 2.45) is 0 Å². The molecule has 5 heteroatoms. The number of methoxy groups -OCH3 is 1. The molecule has 4 nitrogen and oxygen atoms in total. The van der Waals surface area contributed by atoms with Gasteiger partial charge >= 0.3 is 5.97 Å². The van der Waals surface area contributed by atoms with Crippen LogP contribution >= 0.6 is 11.6 Å². The maximum atomic E-state index is 10.8. The number of ether oxygens (including phenoxy) is 1. The van der Waals surface area contributed by atoms with Crippen molar-refractivity contribution >= 4 is 17.6 Å². The van der Waals surface area contributed by atoms with Crippen molar-refractivity contribution in [3.8, 4) is 0 Å². The number of esters is 1. The van der Waals surface area contributed by atoms with Crippen LogP contribution in [0.25, 0.3) is 0 Å². The molecule has 0 bridgehead atoms. The Labute approximate surface area is 93.6 Å². The summed E-state index contributed by atoms with van der Waals surface area (Å²) in [7, 11) is 1.38. The van der Waals surface area contributed by atoms with Crippen LogP contribution < -0.4 is 5.32 Å². The molecule has 1 rings (SSSR count). The van der Waals surface area contributed by atoms with Gasteiger partial charge in [-0.15, -0.1) is 0 Å². The Morgan fingerprint density at radius 2 is 2.47 bits per heavy atom. The molecule has 0 aromatic carbocycles. The van der Waals surface area contributed by atoms with Gasteiger partial charge in [0.25, 0.3) is 0 Å². The molecule has 0 saturated heterocycles. The molecule has 0 unspecified atom stereocenters. The number of nitrogens with zero attached hydrogens (tertiary/aromatic N) is 1. The Hall–Kier alpha value is -1.13. The lowest BCUT2D eigenvalue weighted by molar-refractivity contribution is -0.140. The number of rotatable bonds is 5. The van der Waals surface area contributed by atoms with Crippen LogP contribution in [0.1, 0.15) is 12.1 Å². The van der Waals surface area contributed by atoms with E-state index in [0.29, 0.717) is 24.5 Å². The summed E-state index contributed by atoms with van der Waals surface area (Å²) < 4.78 is 4.51. The van der Waals surface area contributed by atoms with Gasteiger partial charge < -0.3 is 10.1 Å². The minimum atomic E-state index is -0.221. The SMILES string of the molecule is COC(=O)CCNCc1cc(Cl)ccn1. The van der Waals surface area contributed by atoms with Gasteiger partial charge in [-0.05, 0) is 12.1 Å². The monoisotopic (exact) mass is 228 g/mol. The largest absolute Gasteiger partial charge is 0.469 e. The first-order chi connectivity index (χ1) is 7.22. The zero-order valence-electron chi connectivity index (χ0n) is 8.50. The molecule has 0 saturated carbocycles. The molecule has 0 fully saturated rings. The van der Waals surface area contributed by atoms with Crippen molar-refractivity contribution in [1.82, 2.24) is 10.3 Å². The number of carbonyl (C=O) groups is 1. The molecule has 1 aromatic rings. The minimum Gasteiger partial charge on any atom is -0.469 e. The van der Waals surface area contributed by atoms with Crippen molar-refractivity contribution < 1.29 is 9.53 Å². The van der Waals surface area contributed by atoms with E-state index in [9.17, 15) is 4.79 Å². The lowest BCUT2D eigenvalue weighted by Gasteiger charge is -2.03. The highest BCUT2D eigenvalue weighted by atomic mass is 35.5. The molecular weight excluding hydrogens is 216 g/mol. The van der Waals surface area contributed by atoms with Gasteiger partial charge in [-0.2, -0.15) is 0 Å². The topological polar surface area (TPSA) is 51.2 Å². The first kappa shape index (κ1) is 11.9. The van der Waals surface area contributed by atoms with Crippen molar-refractivity contribution in [2.45, 2.75) is 13.0 Å². The molecule has 0 atom stereocenters. The van der Waals surface area contributed by atoms with E-state index >= 15 is 0 Å². The summed E-state index contributed by atoms with van der Waals surface area (Å²) in [6, 6.07) is 3.51.